The molecule has 0 nitrogen and oxygen atoms in total. The van der Waals surface area contributed by atoms with Crippen molar-refractivity contribution in [1.82, 2.24) is 0 Å². The second-order valence-electron chi connectivity index (χ2n) is 0. The van der Waals surface area contributed by atoms with Crippen LogP contribution in [0.25, 0.3) is 0 Å². The molecule has 0 aromatic rings. The van der Waals surface area contributed by atoms with E-state index in [9.17, 15) is 0 Å². The van der Waals surface area contributed by atoms with Crippen molar-refractivity contribution in [3.63, 3.8) is 0 Å². The van der Waals surface area contributed by atoms with Gasteiger partial charge in [-0.15, -0.1) is 0 Å². The maximum Gasteiger partial charge on any atom is 2.00 e. The van der Waals surface area contributed by atoms with Gasteiger partial charge in [-0.3, -0.25) is 0 Å². The molecule has 0 aliphatic carbocycles. The maximum atomic E-state index is 0. The molecule has 0 unspecified atom stereocenters. The summed E-state index contributed by atoms with van der Waals surface area (Å²) in [5.41, 5.74) is 0. The zero-order valence-electron chi connectivity index (χ0n) is 4.43. The first kappa shape index (κ1) is 37.4. The van der Waals surface area contributed by atoms with E-state index in [1.54, 1.807) is 0 Å². The Hall–Kier alpha value is 2.01. The minimum atomic E-state index is 0. The van der Waals surface area contributed by atoms with Crippen molar-refractivity contribution in [2.75, 3.05) is 0 Å². The van der Waals surface area contributed by atoms with E-state index < -0.39 is 0 Å². The fourth-order valence-corrected chi connectivity index (χ4v) is 0. The van der Waals surface area contributed by atoms with Crippen LogP contribution < -0.4 is 0 Å². The normalized spacial score (nSPS) is 0. The average molecular weight is 168 g/mol. The van der Waals surface area contributed by atoms with Crippen LogP contribution in [0.1, 0.15) is 2.85 Å². The summed E-state index contributed by atoms with van der Waals surface area (Å²) in [6, 6.07) is 0. The molecule has 0 aromatic carbocycles. The van der Waals surface area contributed by atoms with Crippen molar-refractivity contribution in [2.24, 2.45) is 0 Å². The van der Waals surface area contributed by atoms with Gasteiger partial charge in [-0.2, -0.15) is 0 Å². The van der Waals surface area contributed by atoms with Crippen LogP contribution in [0.4, 0.5) is 0 Å². The second-order valence-corrected chi connectivity index (χ2v) is 0. The van der Waals surface area contributed by atoms with Gasteiger partial charge < -0.3 is 2.85 Å². The predicted molar refractivity (Wildman–Crippen MR) is 17.9 cm³/mol. The molecule has 4 heavy (non-hydrogen) atoms. The molecular formula is H5CrMgNiSi. The Morgan fingerprint density at radius 3 is 1.25 bits per heavy atom. The molecule has 0 aromatic heterocycles. The Balaban J connectivity index is 0. The number of hydrogen-bond acceptors (Lipinski definition) is 0. The fourth-order valence-electron chi connectivity index (χ4n) is 0. The quantitative estimate of drug-likeness (QED) is 0.392. The molecule has 0 aliphatic heterocycles. The molecule has 0 rings (SSSR count). The number of rotatable bonds is 0. The molecule has 0 fully saturated rings. The Morgan fingerprint density at radius 1 is 1.25 bits per heavy atom. The molecule has 0 bridgehead atoms. The van der Waals surface area contributed by atoms with E-state index in [2.05, 4.69) is 0 Å². The largest absolute Gasteiger partial charge is 2.00 e. The van der Waals surface area contributed by atoms with Crippen LogP contribution in [0.5, 0.6) is 0 Å². The van der Waals surface area contributed by atoms with Crippen molar-refractivity contribution < 1.29 is 36.7 Å². The topological polar surface area (TPSA) is 0 Å². The monoisotopic (exact) mass is 167 g/mol. The van der Waals surface area contributed by atoms with Crippen molar-refractivity contribution in [2.45, 2.75) is 0 Å². The molecular weight excluding hydrogens is 163 g/mol. The molecule has 0 heterocycles. The van der Waals surface area contributed by atoms with Crippen molar-refractivity contribution in [3.05, 3.63) is 0 Å². The Labute approximate surface area is 70.3 Å². The third-order valence-electron chi connectivity index (χ3n) is 0. The third kappa shape index (κ3) is 8.99. The van der Waals surface area contributed by atoms with E-state index in [4.69, 9.17) is 0 Å². The zero-order chi connectivity index (χ0) is 0. The Morgan fingerprint density at radius 2 is 1.25 bits per heavy atom. The van der Waals surface area contributed by atoms with Gasteiger partial charge in [0.25, 0.3) is 0 Å². The first-order chi connectivity index (χ1) is 0. The molecule has 1 radical (unpaired) electrons. The molecule has 0 N–H and O–H groups in total. The van der Waals surface area contributed by atoms with Crippen LogP contribution in [0.2, 0.25) is 0 Å². The third-order valence-corrected chi connectivity index (χ3v) is 0. The van der Waals surface area contributed by atoms with Gasteiger partial charge >= 0.3 is 23.1 Å². The van der Waals surface area contributed by atoms with Gasteiger partial charge in [-0.25, -0.2) is 0 Å². The van der Waals surface area contributed by atoms with Gasteiger partial charge in [0.2, 0.25) is 0 Å². The van der Waals surface area contributed by atoms with Crippen LogP contribution in [-0.4, -0.2) is 34.0 Å². The fraction of sp³-hybridized carbons (Fsp3) is 0. The van der Waals surface area contributed by atoms with E-state index in [0.717, 1.165) is 0 Å². The van der Waals surface area contributed by atoms with Crippen molar-refractivity contribution >= 4 is 34.0 Å². The maximum absolute atomic E-state index is 0. The minimum Gasteiger partial charge on any atom is -1.00 e. The summed E-state index contributed by atoms with van der Waals surface area (Å²) in [7, 11) is 0. The van der Waals surface area contributed by atoms with Crippen LogP contribution in [0, 0.1) is 0 Å². The molecule has 0 amide bonds. The second kappa shape index (κ2) is 19.9. The molecule has 0 saturated heterocycles. The predicted octanol–water partition coefficient (Wildman–Crippen LogP) is -1.34. The van der Waals surface area contributed by atoms with E-state index in [1.165, 1.54) is 0 Å². The molecule has 0 spiro atoms. The summed E-state index contributed by atoms with van der Waals surface area (Å²) in [4.78, 5) is 0. The number of hydrogen-bond donors (Lipinski definition) is 0. The van der Waals surface area contributed by atoms with Crippen LogP contribution in [-0.2, 0) is 33.9 Å². The van der Waals surface area contributed by atoms with E-state index in [0.29, 0.717) is 0 Å². The van der Waals surface area contributed by atoms with Gasteiger partial charge in [0.05, 0.1) is 0 Å². The summed E-state index contributed by atoms with van der Waals surface area (Å²) >= 11 is 0. The van der Waals surface area contributed by atoms with Crippen molar-refractivity contribution in [1.29, 1.82) is 0 Å². The smallest absolute Gasteiger partial charge is 1.00 e. The van der Waals surface area contributed by atoms with Gasteiger partial charge in [-0.1, -0.05) is 0 Å². The van der Waals surface area contributed by atoms with Crippen molar-refractivity contribution in [3.8, 4) is 0 Å². The first-order valence-electron chi connectivity index (χ1n) is 0. The summed E-state index contributed by atoms with van der Waals surface area (Å²) < 4.78 is 0. The van der Waals surface area contributed by atoms with Gasteiger partial charge in [-0.05, 0) is 11.0 Å². The Bertz CT molecular complexity index is 13.5. The zero-order valence-corrected chi connectivity index (χ0v) is 8.11. The van der Waals surface area contributed by atoms with Gasteiger partial charge in [0.15, 0.2) is 0 Å². The van der Waals surface area contributed by atoms with Crippen LogP contribution in [0.3, 0.4) is 0 Å². The standard InChI is InChI=1S/Cr.Mg.Ni.H3Si.2H/h;;;1H3;;/q;+2;;;2*-1. The van der Waals surface area contributed by atoms with E-state index in [1.807, 2.05) is 0 Å². The summed E-state index contributed by atoms with van der Waals surface area (Å²) in [6.45, 7) is 0. The van der Waals surface area contributed by atoms with E-state index in [-0.39, 0.29) is 70.7 Å². The molecule has 27 valence electrons. The summed E-state index contributed by atoms with van der Waals surface area (Å²) in [5, 5.41) is 0. The molecule has 0 atom stereocenters. The first-order valence-corrected chi connectivity index (χ1v) is 0. The van der Waals surface area contributed by atoms with Gasteiger partial charge in [0.1, 0.15) is 0 Å². The SMILES string of the molecule is [Cr].[H-].[H-].[Mg+2].[Ni].[SiH3]. The molecule has 0 aliphatic rings. The summed E-state index contributed by atoms with van der Waals surface area (Å²) in [6.07, 6.45) is 0. The molecule has 0 saturated carbocycles. The summed E-state index contributed by atoms with van der Waals surface area (Å²) in [5.74, 6) is 0. The minimum absolute atomic E-state index is 0. The average Bonchev–Trinajstić information content (AvgIpc) is 0. The molecule has 4 heteroatoms. The van der Waals surface area contributed by atoms with Gasteiger partial charge in [0, 0.05) is 33.9 Å². The van der Waals surface area contributed by atoms with Crippen LogP contribution in [0.15, 0.2) is 0 Å². The Kier molecular flexibility index (Phi) is 186. The van der Waals surface area contributed by atoms with E-state index >= 15 is 0 Å². The van der Waals surface area contributed by atoms with Crippen LogP contribution >= 0.6 is 0 Å².